The van der Waals surface area contributed by atoms with E-state index in [0.29, 0.717) is 25.6 Å². The van der Waals surface area contributed by atoms with Gasteiger partial charge in [0.1, 0.15) is 0 Å². The van der Waals surface area contributed by atoms with Crippen LogP contribution in [0.25, 0.3) is 0 Å². The maximum absolute atomic E-state index is 11.2. The molecule has 84 valence electrons. The van der Waals surface area contributed by atoms with Crippen LogP contribution in [0.2, 0.25) is 0 Å². The predicted octanol–water partition coefficient (Wildman–Crippen LogP) is 0.527. The number of hydrogen-bond acceptors (Lipinski definition) is 3. The molecule has 0 heterocycles. The van der Waals surface area contributed by atoms with Crippen LogP contribution in [0.1, 0.15) is 26.7 Å². The van der Waals surface area contributed by atoms with Crippen LogP contribution in [0.5, 0.6) is 0 Å². The van der Waals surface area contributed by atoms with Gasteiger partial charge in [0, 0.05) is 32.2 Å². The van der Waals surface area contributed by atoms with Crippen LogP contribution in [-0.4, -0.2) is 38.8 Å². The molecule has 0 aromatic carbocycles. The summed E-state index contributed by atoms with van der Waals surface area (Å²) in [7, 11) is 1.88. The largest absolute Gasteiger partial charge is 0.382 e. The van der Waals surface area contributed by atoms with Crippen LogP contribution in [-0.2, 0) is 9.53 Å². The maximum Gasteiger partial charge on any atom is 0.220 e. The summed E-state index contributed by atoms with van der Waals surface area (Å²) in [5, 5.41) is 5.91. The third kappa shape index (κ3) is 8.01. The second kappa shape index (κ2) is 8.97. The molecule has 0 saturated heterocycles. The Morgan fingerprint density at radius 3 is 2.79 bits per heavy atom. The van der Waals surface area contributed by atoms with Gasteiger partial charge in [0.15, 0.2) is 0 Å². The van der Waals surface area contributed by atoms with E-state index in [9.17, 15) is 4.79 Å². The van der Waals surface area contributed by atoms with Gasteiger partial charge in [-0.3, -0.25) is 4.79 Å². The molecule has 2 N–H and O–H groups in total. The van der Waals surface area contributed by atoms with Gasteiger partial charge in [-0.05, 0) is 27.3 Å². The second-order valence-corrected chi connectivity index (χ2v) is 3.29. The number of amides is 1. The molecule has 4 nitrogen and oxygen atoms in total. The SMILES string of the molecule is CCOCCCC(=O)NCC(C)NC. The Labute approximate surface area is 86.4 Å². The lowest BCUT2D eigenvalue weighted by atomic mass is 10.3. The van der Waals surface area contributed by atoms with Gasteiger partial charge in [-0.15, -0.1) is 0 Å². The minimum absolute atomic E-state index is 0.104. The second-order valence-electron chi connectivity index (χ2n) is 3.29. The minimum Gasteiger partial charge on any atom is -0.382 e. The summed E-state index contributed by atoms with van der Waals surface area (Å²) in [6, 6.07) is 0.325. The topological polar surface area (TPSA) is 50.4 Å². The summed E-state index contributed by atoms with van der Waals surface area (Å²) in [6.45, 7) is 6.06. The summed E-state index contributed by atoms with van der Waals surface area (Å²) in [4.78, 5) is 11.2. The number of ether oxygens (including phenoxy) is 1. The van der Waals surface area contributed by atoms with Crippen LogP contribution in [0.15, 0.2) is 0 Å². The first-order chi connectivity index (χ1) is 6.70. The van der Waals surface area contributed by atoms with Gasteiger partial charge < -0.3 is 15.4 Å². The minimum atomic E-state index is 0.104. The van der Waals surface area contributed by atoms with E-state index in [1.54, 1.807) is 0 Å². The zero-order valence-electron chi connectivity index (χ0n) is 9.43. The average molecular weight is 202 g/mol. The number of nitrogens with one attached hydrogen (secondary N) is 2. The van der Waals surface area contributed by atoms with Gasteiger partial charge in [-0.25, -0.2) is 0 Å². The molecular formula is C10H22N2O2. The third-order valence-corrected chi connectivity index (χ3v) is 1.99. The zero-order valence-corrected chi connectivity index (χ0v) is 9.43. The fraction of sp³-hybridized carbons (Fsp3) is 0.900. The maximum atomic E-state index is 11.2. The average Bonchev–Trinajstić information content (AvgIpc) is 2.21. The summed E-state index contributed by atoms with van der Waals surface area (Å²) < 4.78 is 5.14. The molecule has 1 unspecified atom stereocenters. The van der Waals surface area contributed by atoms with Crippen LogP contribution < -0.4 is 10.6 Å². The lowest BCUT2D eigenvalue weighted by Gasteiger charge is -2.11. The molecule has 0 rings (SSSR count). The molecule has 0 aliphatic heterocycles. The first-order valence-electron chi connectivity index (χ1n) is 5.22. The Morgan fingerprint density at radius 1 is 1.50 bits per heavy atom. The van der Waals surface area contributed by atoms with Gasteiger partial charge in [-0.2, -0.15) is 0 Å². The van der Waals surface area contributed by atoms with Crippen LogP contribution in [0.4, 0.5) is 0 Å². The molecule has 14 heavy (non-hydrogen) atoms. The first kappa shape index (κ1) is 13.4. The highest BCUT2D eigenvalue weighted by Gasteiger charge is 2.02. The van der Waals surface area contributed by atoms with Crippen molar-refractivity contribution >= 4 is 5.91 Å². The van der Waals surface area contributed by atoms with Crippen molar-refractivity contribution in [1.82, 2.24) is 10.6 Å². The smallest absolute Gasteiger partial charge is 0.220 e. The van der Waals surface area contributed by atoms with Crippen molar-refractivity contribution in [1.29, 1.82) is 0 Å². The van der Waals surface area contributed by atoms with Crippen LogP contribution >= 0.6 is 0 Å². The van der Waals surface area contributed by atoms with E-state index in [0.717, 1.165) is 13.0 Å². The van der Waals surface area contributed by atoms with E-state index in [-0.39, 0.29) is 5.91 Å². The number of carbonyl (C=O) groups excluding carboxylic acids is 1. The van der Waals surface area contributed by atoms with Gasteiger partial charge in [0.25, 0.3) is 0 Å². The van der Waals surface area contributed by atoms with E-state index >= 15 is 0 Å². The number of carbonyl (C=O) groups is 1. The Kier molecular flexibility index (Phi) is 8.57. The highest BCUT2D eigenvalue weighted by atomic mass is 16.5. The lowest BCUT2D eigenvalue weighted by molar-refractivity contribution is -0.121. The van der Waals surface area contributed by atoms with Crippen LogP contribution in [0, 0.1) is 0 Å². The molecule has 0 aliphatic carbocycles. The van der Waals surface area contributed by atoms with Crippen molar-refractivity contribution in [2.24, 2.45) is 0 Å². The van der Waals surface area contributed by atoms with Crippen molar-refractivity contribution < 1.29 is 9.53 Å². The highest BCUT2D eigenvalue weighted by molar-refractivity contribution is 5.75. The van der Waals surface area contributed by atoms with Gasteiger partial charge in [0.2, 0.25) is 5.91 Å². The fourth-order valence-corrected chi connectivity index (χ4v) is 0.937. The molecule has 0 radical (unpaired) electrons. The molecule has 0 aliphatic rings. The zero-order chi connectivity index (χ0) is 10.8. The molecule has 0 aromatic heterocycles. The van der Waals surface area contributed by atoms with Crippen molar-refractivity contribution in [2.75, 3.05) is 26.8 Å². The monoisotopic (exact) mass is 202 g/mol. The first-order valence-corrected chi connectivity index (χ1v) is 5.22. The van der Waals surface area contributed by atoms with Crippen molar-refractivity contribution in [3.8, 4) is 0 Å². The van der Waals surface area contributed by atoms with Crippen molar-refractivity contribution in [3.05, 3.63) is 0 Å². The van der Waals surface area contributed by atoms with E-state index in [4.69, 9.17) is 4.74 Å². The Bertz CT molecular complexity index is 151. The van der Waals surface area contributed by atoms with Gasteiger partial charge in [-0.1, -0.05) is 0 Å². The molecule has 0 spiro atoms. The number of likely N-dealkylation sites (N-methyl/N-ethyl adjacent to an activating group) is 1. The van der Waals surface area contributed by atoms with Gasteiger partial charge >= 0.3 is 0 Å². The molecule has 0 aromatic rings. The van der Waals surface area contributed by atoms with E-state index in [1.165, 1.54) is 0 Å². The van der Waals surface area contributed by atoms with Crippen LogP contribution in [0.3, 0.4) is 0 Å². The Balaban J connectivity index is 3.28. The molecule has 1 amide bonds. The molecule has 0 fully saturated rings. The summed E-state index contributed by atoms with van der Waals surface area (Å²) in [5.74, 6) is 0.104. The Hall–Kier alpha value is -0.610. The summed E-state index contributed by atoms with van der Waals surface area (Å²) in [5.41, 5.74) is 0. The normalized spacial score (nSPS) is 12.5. The standard InChI is InChI=1S/C10H22N2O2/c1-4-14-7-5-6-10(13)12-8-9(2)11-3/h9,11H,4-8H2,1-3H3,(H,12,13). The van der Waals surface area contributed by atoms with E-state index in [1.807, 2.05) is 20.9 Å². The number of hydrogen-bond donors (Lipinski definition) is 2. The molecule has 0 bridgehead atoms. The predicted molar refractivity (Wildman–Crippen MR) is 57.3 cm³/mol. The highest BCUT2D eigenvalue weighted by Crippen LogP contribution is 1.90. The Morgan fingerprint density at radius 2 is 2.21 bits per heavy atom. The van der Waals surface area contributed by atoms with Crippen molar-refractivity contribution in [3.63, 3.8) is 0 Å². The third-order valence-electron chi connectivity index (χ3n) is 1.99. The number of rotatable bonds is 8. The molecular weight excluding hydrogens is 180 g/mol. The van der Waals surface area contributed by atoms with E-state index < -0.39 is 0 Å². The molecule has 1 atom stereocenters. The summed E-state index contributed by atoms with van der Waals surface area (Å²) in [6.07, 6.45) is 1.35. The van der Waals surface area contributed by atoms with Crippen molar-refractivity contribution in [2.45, 2.75) is 32.7 Å². The van der Waals surface area contributed by atoms with E-state index in [2.05, 4.69) is 10.6 Å². The fourth-order valence-electron chi connectivity index (χ4n) is 0.937. The van der Waals surface area contributed by atoms with Gasteiger partial charge in [0.05, 0.1) is 0 Å². The molecule has 0 saturated carbocycles. The molecule has 4 heteroatoms. The quantitative estimate of drug-likeness (QED) is 0.564. The summed E-state index contributed by atoms with van der Waals surface area (Å²) >= 11 is 0. The lowest BCUT2D eigenvalue weighted by Crippen LogP contribution is -2.37.